The van der Waals surface area contributed by atoms with Crippen LogP contribution in [-0.2, 0) is 4.74 Å². The van der Waals surface area contributed by atoms with Gasteiger partial charge < -0.3 is 4.74 Å². The highest BCUT2D eigenvalue weighted by molar-refractivity contribution is 6.30. The second kappa shape index (κ2) is 5.13. The molecule has 0 radical (unpaired) electrons. The van der Waals surface area contributed by atoms with Crippen LogP contribution in [0.25, 0.3) is 0 Å². The predicted molar refractivity (Wildman–Crippen MR) is 56.9 cm³/mol. The van der Waals surface area contributed by atoms with Crippen LogP contribution in [0.15, 0.2) is 24.3 Å². The maximum atomic E-state index is 11.2. The molecule has 0 bridgehead atoms. The Morgan fingerprint density at radius 1 is 1.43 bits per heavy atom. The first kappa shape index (κ1) is 11.2. The van der Waals surface area contributed by atoms with Crippen LogP contribution in [0, 0.1) is 0 Å². The monoisotopic (exact) mass is 212 g/mol. The number of methoxy groups -OCH3 is 1. The Bertz CT molecular complexity index is 306. The molecule has 0 heterocycles. The molecule has 0 saturated heterocycles. The first-order valence-corrected chi connectivity index (χ1v) is 4.94. The van der Waals surface area contributed by atoms with Crippen molar-refractivity contribution in [1.82, 2.24) is 0 Å². The molecule has 1 rings (SSSR count). The van der Waals surface area contributed by atoms with E-state index in [1.807, 2.05) is 19.1 Å². The van der Waals surface area contributed by atoms with Gasteiger partial charge in [0.15, 0.2) is 5.78 Å². The minimum atomic E-state index is -0.0525. The Labute approximate surface area is 88.8 Å². The zero-order valence-electron chi connectivity index (χ0n) is 8.29. The average Bonchev–Trinajstić information content (AvgIpc) is 2.27. The van der Waals surface area contributed by atoms with Gasteiger partial charge in [-0.25, -0.2) is 0 Å². The van der Waals surface area contributed by atoms with Gasteiger partial charge >= 0.3 is 0 Å². The van der Waals surface area contributed by atoms with E-state index < -0.39 is 0 Å². The first-order valence-electron chi connectivity index (χ1n) is 4.41. The number of alkyl halides is 1. The number of rotatable bonds is 4. The molecule has 3 heteroatoms. The molecule has 76 valence electrons. The molecule has 0 aromatic heterocycles. The summed E-state index contributed by atoms with van der Waals surface area (Å²) in [6.45, 7) is 1.96. The SMILES string of the molecule is CO[C@@H](C)c1ccc(C(=O)CCl)cc1. The zero-order chi connectivity index (χ0) is 10.6. The molecule has 0 aliphatic rings. The molecule has 0 unspecified atom stereocenters. The van der Waals surface area contributed by atoms with Crippen LogP contribution in [-0.4, -0.2) is 18.8 Å². The van der Waals surface area contributed by atoms with Crippen molar-refractivity contribution in [3.8, 4) is 0 Å². The maximum Gasteiger partial charge on any atom is 0.177 e. The summed E-state index contributed by atoms with van der Waals surface area (Å²) < 4.78 is 5.15. The summed E-state index contributed by atoms with van der Waals surface area (Å²) in [4.78, 5) is 11.2. The maximum absolute atomic E-state index is 11.2. The Balaban J connectivity index is 2.83. The Kier molecular flexibility index (Phi) is 4.11. The quantitative estimate of drug-likeness (QED) is 0.567. The molecule has 0 N–H and O–H groups in total. The summed E-state index contributed by atoms with van der Waals surface area (Å²) in [5.41, 5.74) is 1.70. The Hall–Kier alpha value is -0.860. The standard InChI is InChI=1S/C11H13ClO2/c1-8(14-2)9-3-5-10(6-4-9)11(13)7-12/h3-6,8H,7H2,1-2H3/t8-/m0/s1. The third-order valence-corrected chi connectivity index (χ3v) is 2.42. The van der Waals surface area contributed by atoms with Crippen LogP contribution in [0.1, 0.15) is 28.9 Å². The highest BCUT2D eigenvalue weighted by Gasteiger charge is 2.06. The van der Waals surface area contributed by atoms with Gasteiger partial charge in [-0.05, 0) is 12.5 Å². The fourth-order valence-corrected chi connectivity index (χ4v) is 1.31. The fourth-order valence-electron chi connectivity index (χ4n) is 1.15. The van der Waals surface area contributed by atoms with Gasteiger partial charge in [-0.15, -0.1) is 11.6 Å². The molecule has 0 aliphatic carbocycles. The second-order valence-corrected chi connectivity index (χ2v) is 3.32. The van der Waals surface area contributed by atoms with Gasteiger partial charge in [0.25, 0.3) is 0 Å². The topological polar surface area (TPSA) is 26.3 Å². The number of ether oxygens (including phenoxy) is 1. The lowest BCUT2D eigenvalue weighted by atomic mass is 10.1. The summed E-state index contributed by atoms with van der Waals surface area (Å²) in [5, 5.41) is 0. The third kappa shape index (κ3) is 2.56. The van der Waals surface area contributed by atoms with E-state index in [0.29, 0.717) is 5.56 Å². The van der Waals surface area contributed by atoms with Crippen LogP contribution in [0.4, 0.5) is 0 Å². The molecular weight excluding hydrogens is 200 g/mol. The molecule has 0 spiro atoms. The van der Waals surface area contributed by atoms with Gasteiger partial charge in [0.2, 0.25) is 0 Å². The van der Waals surface area contributed by atoms with Gasteiger partial charge in [0.05, 0.1) is 12.0 Å². The van der Waals surface area contributed by atoms with Crippen LogP contribution in [0.2, 0.25) is 0 Å². The molecule has 1 aromatic rings. The average molecular weight is 213 g/mol. The van der Waals surface area contributed by atoms with Crippen LogP contribution < -0.4 is 0 Å². The summed E-state index contributed by atoms with van der Waals surface area (Å²) in [6.07, 6.45) is 0.0511. The number of halogens is 1. The lowest BCUT2D eigenvalue weighted by Crippen LogP contribution is -2.01. The summed E-state index contributed by atoms with van der Waals surface area (Å²) in [5.74, 6) is -0.0256. The Morgan fingerprint density at radius 3 is 2.43 bits per heavy atom. The first-order chi connectivity index (χ1) is 6.69. The normalized spacial score (nSPS) is 12.5. The summed E-state index contributed by atoms with van der Waals surface area (Å²) >= 11 is 5.44. The third-order valence-electron chi connectivity index (χ3n) is 2.18. The molecule has 2 nitrogen and oxygen atoms in total. The van der Waals surface area contributed by atoms with Crippen LogP contribution in [0.3, 0.4) is 0 Å². The van der Waals surface area contributed by atoms with Crippen LogP contribution >= 0.6 is 11.6 Å². The van der Waals surface area contributed by atoms with Gasteiger partial charge in [-0.3, -0.25) is 4.79 Å². The van der Waals surface area contributed by atoms with Crippen molar-refractivity contribution in [3.63, 3.8) is 0 Å². The molecule has 0 amide bonds. The van der Waals surface area contributed by atoms with E-state index in [4.69, 9.17) is 16.3 Å². The van der Waals surface area contributed by atoms with E-state index in [0.717, 1.165) is 5.56 Å². The number of Topliss-reactive ketones (excluding diaryl/α,β-unsaturated/α-hetero) is 1. The molecular formula is C11H13ClO2. The van der Waals surface area contributed by atoms with Gasteiger partial charge in [0.1, 0.15) is 0 Å². The summed E-state index contributed by atoms with van der Waals surface area (Å²) in [6, 6.07) is 7.31. The van der Waals surface area contributed by atoms with Crippen molar-refractivity contribution in [1.29, 1.82) is 0 Å². The molecule has 1 aromatic carbocycles. The van der Waals surface area contributed by atoms with E-state index >= 15 is 0 Å². The van der Waals surface area contributed by atoms with E-state index in [-0.39, 0.29) is 17.8 Å². The fraction of sp³-hybridized carbons (Fsp3) is 0.364. The predicted octanol–water partition coefficient (Wildman–Crippen LogP) is 2.82. The van der Waals surface area contributed by atoms with Gasteiger partial charge in [-0.2, -0.15) is 0 Å². The minimum Gasteiger partial charge on any atom is -0.377 e. The highest BCUT2D eigenvalue weighted by Crippen LogP contribution is 2.16. The van der Waals surface area contributed by atoms with Crippen molar-refractivity contribution in [2.24, 2.45) is 0 Å². The van der Waals surface area contributed by atoms with Crippen molar-refractivity contribution >= 4 is 17.4 Å². The number of hydrogen-bond donors (Lipinski definition) is 0. The van der Waals surface area contributed by atoms with E-state index in [2.05, 4.69) is 0 Å². The lowest BCUT2D eigenvalue weighted by molar-refractivity contribution is 0.102. The zero-order valence-corrected chi connectivity index (χ0v) is 9.04. The molecule has 0 fully saturated rings. The van der Waals surface area contributed by atoms with Crippen molar-refractivity contribution in [2.45, 2.75) is 13.0 Å². The number of ketones is 1. The van der Waals surface area contributed by atoms with Crippen molar-refractivity contribution < 1.29 is 9.53 Å². The molecule has 0 saturated carbocycles. The van der Waals surface area contributed by atoms with E-state index in [1.54, 1.807) is 19.2 Å². The minimum absolute atomic E-state index is 0.0270. The highest BCUT2D eigenvalue weighted by atomic mass is 35.5. The molecule has 14 heavy (non-hydrogen) atoms. The number of benzene rings is 1. The Morgan fingerprint density at radius 2 is 2.00 bits per heavy atom. The van der Waals surface area contributed by atoms with E-state index in [1.165, 1.54) is 0 Å². The van der Waals surface area contributed by atoms with Gasteiger partial charge in [-0.1, -0.05) is 24.3 Å². The number of carbonyl (C=O) groups excluding carboxylic acids is 1. The van der Waals surface area contributed by atoms with Crippen molar-refractivity contribution in [2.75, 3.05) is 13.0 Å². The number of carbonyl (C=O) groups is 1. The molecule has 0 aliphatic heterocycles. The largest absolute Gasteiger partial charge is 0.377 e. The summed E-state index contributed by atoms with van der Waals surface area (Å²) in [7, 11) is 1.66. The van der Waals surface area contributed by atoms with Crippen molar-refractivity contribution in [3.05, 3.63) is 35.4 Å². The van der Waals surface area contributed by atoms with E-state index in [9.17, 15) is 4.79 Å². The van der Waals surface area contributed by atoms with Crippen LogP contribution in [0.5, 0.6) is 0 Å². The van der Waals surface area contributed by atoms with Gasteiger partial charge in [0, 0.05) is 12.7 Å². The molecule has 1 atom stereocenters. The smallest absolute Gasteiger partial charge is 0.177 e. The number of hydrogen-bond acceptors (Lipinski definition) is 2. The lowest BCUT2D eigenvalue weighted by Gasteiger charge is -2.09. The second-order valence-electron chi connectivity index (χ2n) is 3.06.